The van der Waals surface area contributed by atoms with Gasteiger partial charge in [0.1, 0.15) is 5.82 Å². The highest BCUT2D eigenvalue weighted by Gasteiger charge is 2.27. The molecule has 0 aromatic heterocycles. The normalized spacial score (nSPS) is 20.1. The van der Waals surface area contributed by atoms with Crippen molar-refractivity contribution in [1.82, 2.24) is 5.32 Å². The Balaban J connectivity index is 1.65. The minimum atomic E-state index is -0.327. The lowest BCUT2D eigenvalue weighted by Gasteiger charge is -2.29. The average molecular weight is 343 g/mol. The predicted octanol–water partition coefficient (Wildman–Crippen LogP) is 3.77. The van der Waals surface area contributed by atoms with Crippen LogP contribution < -0.4 is 14.8 Å². The summed E-state index contributed by atoms with van der Waals surface area (Å²) in [5.41, 5.74) is 1.68. The molecule has 2 aromatic carbocycles. The summed E-state index contributed by atoms with van der Waals surface area (Å²) in [6.07, 6.45) is 1.65. The number of carbonyl (C=O) groups is 1. The number of benzene rings is 2. The van der Waals surface area contributed by atoms with Gasteiger partial charge in [-0.05, 0) is 54.8 Å². The summed E-state index contributed by atoms with van der Waals surface area (Å²) >= 11 is 0. The predicted molar refractivity (Wildman–Crippen MR) is 93.7 cm³/mol. The van der Waals surface area contributed by atoms with E-state index in [1.807, 2.05) is 18.2 Å². The molecule has 132 valence electrons. The van der Waals surface area contributed by atoms with Crippen molar-refractivity contribution < 1.29 is 18.7 Å². The van der Waals surface area contributed by atoms with Gasteiger partial charge in [0.2, 0.25) is 0 Å². The fourth-order valence-corrected chi connectivity index (χ4v) is 3.28. The van der Waals surface area contributed by atoms with E-state index in [-0.39, 0.29) is 23.6 Å². The Kier molecular flexibility index (Phi) is 5.34. The molecule has 0 amide bonds. The van der Waals surface area contributed by atoms with Crippen molar-refractivity contribution in [3.05, 3.63) is 59.4 Å². The first kappa shape index (κ1) is 17.4. The molecule has 1 N–H and O–H groups in total. The Morgan fingerprint density at radius 2 is 1.76 bits per heavy atom. The number of ether oxygens (including phenoxy) is 2. The first-order chi connectivity index (χ1) is 12.1. The highest BCUT2D eigenvalue weighted by Crippen LogP contribution is 2.33. The molecule has 1 fully saturated rings. The van der Waals surface area contributed by atoms with Crippen LogP contribution in [0.1, 0.15) is 34.8 Å². The summed E-state index contributed by atoms with van der Waals surface area (Å²) in [5, 5.41) is 3.45. The summed E-state index contributed by atoms with van der Waals surface area (Å²) in [5.74, 6) is 1.06. The summed E-state index contributed by atoms with van der Waals surface area (Å²) in [7, 11) is 3.23. The van der Waals surface area contributed by atoms with Gasteiger partial charge < -0.3 is 14.8 Å². The van der Waals surface area contributed by atoms with E-state index in [1.165, 1.54) is 12.1 Å². The number of piperidine rings is 1. The SMILES string of the molecule is COc1ccc(C2CCC(C(=O)c3ccc(F)cc3)CN2)cc1OC. The Morgan fingerprint density at radius 3 is 2.36 bits per heavy atom. The zero-order valence-electron chi connectivity index (χ0n) is 14.4. The van der Waals surface area contributed by atoms with Gasteiger partial charge in [-0.2, -0.15) is 0 Å². The number of Topliss-reactive ketones (excluding diaryl/α,β-unsaturated/α-hetero) is 1. The molecule has 4 nitrogen and oxygen atoms in total. The molecule has 3 rings (SSSR count). The van der Waals surface area contributed by atoms with Crippen molar-refractivity contribution in [2.24, 2.45) is 5.92 Å². The summed E-state index contributed by atoms with van der Waals surface area (Å²) in [6.45, 7) is 0.606. The summed E-state index contributed by atoms with van der Waals surface area (Å²) in [4.78, 5) is 12.5. The molecule has 2 aromatic rings. The molecular weight excluding hydrogens is 321 g/mol. The second kappa shape index (κ2) is 7.66. The van der Waals surface area contributed by atoms with Crippen LogP contribution in [0, 0.1) is 11.7 Å². The van der Waals surface area contributed by atoms with Crippen LogP contribution in [-0.4, -0.2) is 26.5 Å². The highest BCUT2D eigenvalue weighted by atomic mass is 19.1. The van der Waals surface area contributed by atoms with E-state index in [4.69, 9.17) is 9.47 Å². The van der Waals surface area contributed by atoms with Crippen molar-refractivity contribution in [3.63, 3.8) is 0 Å². The molecule has 1 aliphatic rings. The Labute approximate surface area is 147 Å². The minimum Gasteiger partial charge on any atom is -0.493 e. The zero-order valence-corrected chi connectivity index (χ0v) is 14.4. The second-order valence-corrected chi connectivity index (χ2v) is 6.22. The van der Waals surface area contributed by atoms with E-state index >= 15 is 0 Å². The van der Waals surface area contributed by atoms with Crippen LogP contribution in [0.25, 0.3) is 0 Å². The van der Waals surface area contributed by atoms with E-state index in [0.29, 0.717) is 23.6 Å². The van der Waals surface area contributed by atoms with Gasteiger partial charge in [-0.25, -0.2) is 4.39 Å². The lowest BCUT2D eigenvalue weighted by molar-refractivity contribution is 0.0888. The Bertz CT molecular complexity index is 737. The standard InChI is InChI=1S/C20H22FNO3/c1-24-18-10-6-14(11-19(18)25-2)17-9-5-15(12-22-17)20(23)13-3-7-16(21)8-4-13/h3-4,6-8,10-11,15,17,22H,5,9,12H2,1-2H3. The summed E-state index contributed by atoms with van der Waals surface area (Å²) < 4.78 is 23.6. The Morgan fingerprint density at radius 1 is 1.04 bits per heavy atom. The number of nitrogens with one attached hydrogen (secondary N) is 1. The van der Waals surface area contributed by atoms with Gasteiger partial charge in [-0.3, -0.25) is 4.79 Å². The molecule has 1 heterocycles. The monoisotopic (exact) mass is 343 g/mol. The van der Waals surface area contributed by atoms with Gasteiger partial charge in [0.25, 0.3) is 0 Å². The van der Waals surface area contributed by atoms with Gasteiger partial charge in [0.15, 0.2) is 17.3 Å². The smallest absolute Gasteiger partial charge is 0.167 e. The topological polar surface area (TPSA) is 47.6 Å². The van der Waals surface area contributed by atoms with E-state index in [9.17, 15) is 9.18 Å². The lowest BCUT2D eigenvalue weighted by atomic mass is 9.86. The van der Waals surface area contributed by atoms with Crippen LogP contribution in [-0.2, 0) is 0 Å². The van der Waals surface area contributed by atoms with Gasteiger partial charge >= 0.3 is 0 Å². The molecule has 0 spiro atoms. The van der Waals surface area contributed by atoms with Crippen LogP contribution in [0.3, 0.4) is 0 Å². The molecule has 0 radical (unpaired) electrons. The van der Waals surface area contributed by atoms with Crippen LogP contribution >= 0.6 is 0 Å². The number of ketones is 1. The van der Waals surface area contributed by atoms with Crippen LogP contribution in [0.2, 0.25) is 0 Å². The average Bonchev–Trinajstić information content (AvgIpc) is 2.67. The maximum atomic E-state index is 13.0. The quantitative estimate of drug-likeness (QED) is 0.840. The van der Waals surface area contributed by atoms with Crippen LogP contribution in [0.5, 0.6) is 11.5 Å². The van der Waals surface area contributed by atoms with E-state index in [0.717, 1.165) is 18.4 Å². The molecule has 1 saturated heterocycles. The third-order valence-electron chi connectivity index (χ3n) is 4.72. The van der Waals surface area contributed by atoms with Crippen molar-refractivity contribution in [1.29, 1.82) is 0 Å². The number of hydrogen-bond acceptors (Lipinski definition) is 4. The van der Waals surface area contributed by atoms with Crippen molar-refractivity contribution in [2.45, 2.75) is 18.9 Å². The van der Waals surface area contributed by atoms with Crippen LogP contribution in [0.15, 0.2) is 42.5 Å². The fourth-order valence-electron chi connectivity index (χ4n) is 3.28. The second-order valence-electron chi connectivity index (χ2n) is 6.22. The van der Waals surface area contributed by atoms with E-state index < -0.39 is 0 Å². The minimum absolute atomic E-state index is 0.0678. The van der Waals surface area contributed by atoms with E-state index in [1.54, 1.807) is 26.4 Å². The first-order valence-corrected chi connectivity index (χ1v) is 8.37. The number of rotatable bonds is 5. The molecule has 0 bridgehead atoms. The molecule has 1 aliphatic heterocycles. The molecular formula is C20H22FNO3. The maximum absolute atomic E-state index is 13.0. The van der Waals surface area contributed by atoms with Crippen molar-refractivity contribution in [3.8, 4) is 11.5 Å². The zero-order chi connectivity index (χ0) is 17.8. The van der Waals surface area contributed by atoms with Crippen LogP contribution in [0.4, 0.5) is 4.39 Å². The first-order valence-electron chi connectivity index (χ1n) is 8.37. The van der Waals surface area contributed by atoms with Gasteiger partial charge in [-0.15, -0.1) is 0 Å². The molecule has 5 heteroatoms. The lowest BCUT2D eigenvalue weighted by Crippen LogP contribution is -2.37. The largest absolute Gasteiger partial charge is 0.493 e. The molecule has 0 aliphatic carbocycles. The van der Waals surface area contributed by atoms with Gasteiger partial charge in [0.05, 0.1) is 14.2 Å². The third kappa shape index (κ3) is 3.82. The number of carbonyl (C=O) groups excluding carboxylic acids is 1. The van der Waals surface area contributed by atoms with Crippen molar-refractivity contribution in [2.75, 3.05) is 20.8 Å². The number of halogens is 1. The van der Waals surface area contributed by atoms with E-state index in [2.05, 4.69) is 5.32 Å². The maximum Gasteiger partial charge on any atom is 0.167 e. The Hall–Kier alpha value is -2.40. The molecule has 0 saturated carbocycles. The molecule has 25 heavy (non-hydrogen) atoms. The summed E-state index contributed by atoms with van der Waals surface area (Å²) in [6, 6.07) is 11.8. The van der Waals surface area contributed by atoms with Gasteiger partial charge in [0, 0.05) is 24.1 Å². The number of methoxy groups -OCH3 is 2. The number of hydrogen-bond donors (Lipinski definition) is 1. The highest BCUT2D eigenvalue weighted by molar-refractivity contribution is 5.98. The van der Waals surface area contributed by atoms with Crippen molar-refractivity contribution >= 4 is 5.78 Å². The third-order valence-corrected chi connectivity index (χ3v) is 4.72. The molecule has 2 atom stereocenters. The molecule has 2 unspecified atom stereocenters. The van der Waals surface area contributed by atoms with Gasteiger partial charge in [-0.1, -0.05) is 6.07 Å². The fraction of sp³-hybridized carbons (Fsp3) is 0.350.